The predicted octanol–water partition coefficient (Wildman–Crippen LogP) is 4.33. The monoisotopic (exact) mass is 561 g/mol. The van der Waals surface area contributed by atoms with E-state index in [9.17, 15) is 14.0 Å². The van der Waals surface area contributed by atoms with Gasteiger partial charge in [-0.2, -0.15) is 0 Å². The molecule has 1 aliphatic rings. The first-order chi connectivity index (χ1) is 19.9. The Bertz CT molecular complexity index is 1500. The summed E-state index contributed by atoms with van der Waals surface area (Å²) in [6, 6.07) is 16.8. The number of nitrogens with two attached hydrogens (primary N) is 1. The Balaban J connectivity index is 1.16. The number of ether oxygens (including phenoxy) is 1. The summed E-state index contributed by atoms with van der Waals surface area (Å²) >= 11 is 0. The number of rotatable bonds is 11. The molecule has 41 heavy (non-hydrogen) atoms. The average molecular weight is 562 g/mol. The lowest BCUT2D eigenvalue weighted by molar-refractivity contribution is -0.132. The first-order valence-electron chi connectivity index (χ1n) is 14.0. The number of carbonyl (C=O) groups excluding carboxylic acids is 2. The van der Waals surface area contributed by atoms with Gasteiger partial charge in [0.2, 0.25) is 5.91 Å². The molecule has 0 spiro atoms. The molecule has 5 rings (SSSR count). The molecule has 3 N–H and O–H groups in total. The molecule has 216 valence electrons. The van der Waals surface area contributed by atoms with E-state index in [0.29, 0.717) is 19.7 Å². The van der Waals surface area contributed by atoms with E-state index in [1.807, 2.05) is 23.1 Å². The van der Waals surface area contributed by atoms with Crippen LogP contribution < -0.4 is 11.1 Å². The van der Waals surface area contributed by atoms with Gasteiger partial charge in [0.1, 0.15) is 17.4 Å². The second-order valence-electron chi connectivity index (χ2n) is 10.5. The topological polar surface area (TPSA) is 116 Å². The number of furan rings is 1. The second kappa shape index (κ2) is 13.1. The summed E-state index contributed by atoms with van der Waals surface area (Å²) in [5.74, 6) is 0.497. The maximum absolute atomic E-state index is 14.0. The summed E-state index contributed by atoms with van der Waals surface area (Å²) in [7, 11) is 1.70. The SMILES string of the molecule is COCCCn1c([C@@H]2CCCN(C(=O)C[C@@H](N)CNC(=O)c3ccc(-c4ccccc4F)o3)C2)nc2ccccc21. The van der Waals surface area contributed by atoms with Crippen molar-refractivity contribution in [1.82, 2.24) is 19.8 Å². The number of nitrogens with one attached hydrogen (secondary N) is 1. The summed E-state index contributed by atoms with van der Waals surface area (Å²) in [4.78, 5) is 32.6. The number of nitrogens with zero attached hydrogens (tertiary/aromatic N) is 3. The smallest absolute Gasteiger partial charge is 0.287 e. The van der Waals surface area contributed by atoms with Crippen molar-refractivity contribution < 1.29 is 23.1 Å². The van der Waals surface area contributed by atoms with E-state index < -0.39 is 17.8 Å². The Kier molecular flexibility index (Phi) is 9.11. The minimum atomic E-state index is -0.563. The van der Waals surface area contributed by atoms with Gasteiger partial charge in [0.05, 0.1) is 16.6 Å². The Hall–Kier alpha value is -4.02. The van der Waals surface area contributed by atoms with Crippen molar-refractivity contribution in [1.29, 1.82) is 0 Å². The van der Waals surface area contributed by atoms with Crippen molar-refractivity contribution in [2.45, 2.75) is 44.2 Å². The van der Waals surface area contributed by atoms with Gasteiger partial charge in [-0.1, -0.05) is 24.3 Å². The fourth-order valence-corrected chi connectivity index (χ4v) is 5.42. The molecule has 0 unspecified atom stereocenters. The number of benzene rings is 2. The van der Waals surface area contributed by atoms with Crippen LogP contribution in [-0.2, 0) is 16.1 Å². The molecule has 1 saturated heterocycles. The molecule has 4 aromatic rings. The van der Waals surface area contributed by atoms with Gasteiger partial charge in [-0.25, -0.2) is 9.37 Å². The van der Waals surface area contributed by atoms with Crippen molar-refractivity contribution >= 4 is 22.8 Å². The van der Waals surface area contributed by atoms with Gasteiger partial charge in [0, 0.05) is 58.3 Å². The number of para-hydroxylation sites is 2. The van der Waals surface area contributed by atoms with Crippen LogP contribution in [0.4, 0.5) is 4.39 Å². The van der Waals surface area contributed by atoms with Crippen LogP contribution in [0.2, 0.25) is 0 Å². The molecule has 3 heterocycles. The zero-order valence-corrected chi connectivity index (χ0v) is 23.2. The van der Waals surface area contributed by atoms with Crippen molar-refractivity contribution in [3.8, 4) is 11.3 Å². The van der Waals surface area contributed by atoms with E-state index in [4.69, 9.17) is 19.9 Å². The molecule has 0 radical (unpaired) electrons. The summed E-state index contributed by atoms with van der Waals surface area (Å²) < 4.78 is 27.1. The fraction of sp³-hybridized carbons (Fsp3) is 0.387. The van der Waals surface area contributed by atoms with Crippen LogP contribution in [0.1, 0.15) is 48.0 Å². The van der Waals surface area contributed by atoms with E-state index in [1.165, 1.54) is 12.1 Å². The highest BCUT2D eigenvalue weighted by Crippen LogP contribution is 2.30. The quantitative estimate of drug-likeness (QED) is 0.264. The maximum Gasteiger partial charge on any atom is 0.287 e. The van der Waals surface area contributed by atoms with Crippen molar-refractivity contribution in [3.63, 3.8) is 0 Å². The number of hydrogen-bond donors (Lipinski definition) is 2. The highest BCUT2D eigenvalue weighted by Gasteiger charge is 2.29. The number of piperidine rings is 1. The van der Waals surface area contributed by atoms with E-state index >= 15 is 0 Å². The minimum absolute atomic E-state index is 0.0432. The van der Waals surface area contributed by atoms with Gasteiger partial charge in [-0.05, 0) is 55.7 Å². The molecule has 9 nitrogen and oxygen atoms in total. The minimum Gasteiger partial charge on any atom is -0.451 e. The molecule has 2 amide bonds. The third kappa shape index (κ3) is 6.66. The van der Waals surface area contributed by atoms with Gasteiger partial charge >= 0.3 is 0 Å². The van der Waals surface area contributed by atoms with Gasteiger partial charge < -0.3 is 29.7 Å². The van der Waals surface area contributed by atoms with Crippen molar-refractivity contribution in [2.24, 2.45) is 5.73 Å². The summed E-state index contributed by atoms with van der Waals surface area (Å²) in [5, 5.41) is 2.72. The Labute approximate surface area is 238 Å². The Morgan fingerprint density at radius 1 is 1.17 bits per heavy atom. The third-order valence-corrected chi connectivity index (χ3v) is 7.48. The lowest BCUT2D eigenvalue weighted by atomic mass is 9.96. The molecular formula is C31H36FN5O4. The van der Waals surface area contributed by atoms with E-state index in [1.54, 1.807) is 31.4 Å². The predicted molar refractivity (Wildman–Crippen MR) is 154 cm³/mol. The number of amides is 2. The first-order valence-corrected chi connectivity index (χ1v) is 14.0. The van der Waals surface area contributed by atoms with Crippen LogP contribution in [-0.4, -0.2) is 65.7 Å². The van der Waals surface area contributed by atoms with Crippen molar-refractivity contribution in [2.75, 3.05) is 33.4 Å². The largest absolute Gasteiger partial charge is 0.451 e. The Morgan fingerprint density at radius 3 is 2.80 bits per heavy atom. The number of carbonyl (C=O) groups is 2. The number of methoxy groups -OCH3 is 1. The van der Waals surface area contributed by atoms with Crippen LogP contribution >= 0.6 is 0 Å². The fourth-order valence-electron chi connectivity index (χ4n) is 5.42. The highest BCUT2D eigenvalue weighted by atomic mass is 19.1. The van der Waals surface area contributed by atoms with Crippen LogP contribution in [0.5, 0.6) is 0 Å². The molecule has 0 bridgehead atoms. The number of fused-ring (bicyclic) bond motifs is 1. The zero-order valence-electron chi connectivity index (χ0n) is 23.2. The second-order valence-corrected chi connectivity index (χ2v) is 10.5. The van der Waals surface area contributed by atoms with E-state index in [0.717, 1.165) is 42.7 Å². The zero-order chi connectivity index (χ0) is 28.8. The summed E-state index contributed by atoms with van der Waals surface area (Å²) in [5.41, 5.74) is 8.57. The summed E-state index contributed by atoms with van der Waals surface area (Å²) in [6.45, 7) is 2.83. The number of imidazole rings is 1. The average Bonchev–Trinajstić information content (AvgIpc) is 3.62. The van der Waals surface area contributed by atoms with Crippen LogP contribution in [0, 0.1) is 5.82 Å². The highest BCUT2D eigenvalue weighted by molar-refractivity contribution is 5.92. The van der Waals surface area contributed by atoms with Gasteiger partial charge in [0.15, 0.2) is 5.76 Å². The number of aryl methyl sites for hydroxylation is 1. The van der Waals surface area contributed by atoms with Gasteiger partial charge in [-0.3, -0.25) is 9.59 Å². The van der Waals surface area contributed by atoms with Crippen molar-refractivity contribution in [3.05, 3.63) is 78.1 Å². The number of halogens is 1. The molecular weight excluding hydrogens is 525 g/mol. The molecule has 2 aromatic carbocycles. The molecule has 1 aliphatic heterocycles. The van der Waals surface area contributed by atoms with E-state index in [2.05, 4.69) is 16.0 Å². The van der Waals surface area contributed by atoms with Crippen LogP contribution in [0.25, 0.3) is 22.4 Å². The van der Waals surface area contributed by atoms with Gasteiger partial charge in [0.25, 0.3) is 5.91 Å². The normalized spacial score (nSPS) is 16.2. The molecule has 2 atom stereocenters. The first kappa shape index (κ1) is 28.5. The third-order valence-electron chi connectivity index (χ3n) is 7.48. The van der Waals surface area contributed by atoms with Gasteiger partial charge in [-0.15, -0.1) is 0 Å². The van der Waals surface area contributed by atoms with Crippen LogP contribution in [0.15, 0.2) is 65.1 Å². The lowest BCUT2D eigenvalue weighted by Gasteiger charge is -2.33. The number of hydrogen-bond acceptors (Lipinski definition) is 6. The Morgan fingerprint density at radius 2 is 1.98 bits per heavy atom. The number of likely N-dealkylation sites (tertiary alicyclic amines) is 1. The molecule has 10 heteroatoms. The lowest BCUT2D eigenvalue weighted by Crippen LogP contribution is -2.45. The standard InChI is InChI=1S/C31H36FN5O4/c1-40-17-7-16-37-26-12-5-4-11-25(26)35-30(37)21-8-6-15-36(20-21)29(38)18-22(33)19-34-31(39)28-14-13-27(41-28)23-9-2-3-10-24(23)32/h2-5,9-14,21-22H,6-8,15-20,33H2,1H3,(H,34,39)/t21-,22-/m1/s1. The molecule has 2 aromatic heterocycles. The molecule has 1 fully saturated rings. The number of aromatic nitrogens is 2. The van der Waals surface area contributed by atoms with E-state index in [-0.39, 0.29) is 41.9 Å². The maximum atomic E-state index is 14.0. The summed E-state index contributed by atoms with van der Waals surface area (Å²) in [6.07, 6.45) is 2.82. The molecule has 0 aliphatic carbocycles. The van der Waals surface area contributed by atoms with Crippen LogP contribution in [0.3, 0.4) is 0 Å². The molecule has 0 saturated carbocycles.